The molecule has 0 spiro atoms. The van der Waals surface area contributed by atoms with Crippen LogP contribution in [-0.2, 0) is 16.0 Å². The van der Waals surface area contributed by atoms with Crippen molar-refractivity contribution in [2.45, 2.75) is 39.7 Å². The Morgan fingerprint density at radius 1 is 1.31 bits per heavy atom. The van der Waals surface area contributed by atoms with Gasteiger partial charge in [0.05, 0.1) is 5.41 Å². The maximum absolute atomic E-state index is 11.8. The lowest BCUT2D eigenvalue weighted by Crippen LogP contribution is -2.24. The van der Waals surface area contributed by atoms with Crippen molar-refractivity contribution in [1.29, 1.82) is 0 Å². The van der Waals surface area contributed by atoms with E-state index < -0.39 is 5.41 Å². The molecule has 0 fully saturated rings. The Morgan fingerprint density at radius 2 is 2.00 bits per heavy atom. The molecule has 1 aromatic rings. The average molecular weight is 218 g/mol. The molecule has 1 atom stereocenters. The van der Waals surface area contributed by atoms with Crippen molar-refractivity contribution >= 4 is 5.97 Å². The molecule has 0 N–H and O–H groups in total. The van der Waals surface area contributed by atoms with E-state index >= 15 is 0 Å². The van der Waals surface area contributed by atoms with Gasteiger partial charge in [-0.3, -0.25) is 4.79 Å². The lowest BCUT2D eigenvalue weighted by Gasteiger charge is -2.21. The Balaban J connectivity index is 2.12. The normalized spacial score (nSPS) is 19.3. The van der Waals surface area contributed by atoms with Crippen LogP contribution in [0, 0.1) is 5.41 Å². The topological polar surface area (TPSA) is 26.3 Å². The minimum atomic E-state index is -0.419. The van der Waals surface area contributed by atoms with Gasteiger partial charge in [-0.1, -0.05) is 24.3 Å². The maximum Gasteiger partial charge on any atom is 0.311 e. The zero-order valence-corrected chi connectivity index (χ0v) is 10.1. The highest BCUT2D eigenvalue weighted by molar-refractivity contribution is 5.75. The molecule has 0 heterocycles. The average Bonchev–Trinajstić information content (AvgIpc) is 2.61. The molecular formula is C14H18O2. The fourth-order valence-electron chi connectivity index (χ4n) is 1.95. The number of carbonyl (C=O) groups is 1. The number of hydrogen-bond donors (Lipinski definition) is 0. The van der Waals surface area contributed by atoms with Crippen molar-refractivity contribution in [3.8, 4) is 0 Å². The monoisotopic (exact) mass is 218 g/mol. The largest absolute Gasteiger partial charge is 0.457 e. The van der Waals surface area contributed by atoms with Crippen LogP contribution in [-0.4, -0.2) is 5.97 Å². The van der Waals surface area contributed by atoms with Gasteiger partial charge in [-0.2, -0.15) is 0 Å². The van der Waals surface area contributed by atoms with E-state index in [0.29, 0.717) is 0 Å². The molecule has 1 aliphatic rings. The van der Waals surface area contributed by atoms with Crippen LogP contribution in [0.5, 0.6) is 0 Å². The fraction of sp³-hybridized carbons (Fsp3) is 0.500. The van der Waals surface area contributed by atoms with Crippen LogP contribution in [0.2, 0.25) is 0 Å². The Bertz CT molecular complexity index is 401. The highest BCUT2D eigenvalue weighted by Gasteiger charge is 2.30. The van der Waals surface area contributed by atoms with E-state index in [0.717, 1.165) is 12.8 Å². The van der Waals surface area contributed by atoms with Crippen LogP contribution in [0.15, 0.2) is 24.3 Å². The molecule has 0 bridgehead atoms. The summed E-state index contributed by atoms with van der Waals surface area (Å²) >= 11 is 0. The summed E-state index contributed by atoms with van der Waals surface area (Å²) in [5.74, 6) is -0.116. The third kappa shape index (κ3) is 2.11. The maximum atomic E-state index is 11.8. The number of esters is 1. The Kier molecular flexibility index (Phi) is 2.75. The molecule has 16 heavy (non-hydrogen) atoms. The Morgan fingerprint density at radius 3 is 2.69 bits per heavy atom. The molecule has 0 radical (unpaired) electrons. The second-order valence-corrected chi connectivity index (χ2v) is 5.38. The van der Waals surface area contributed by atoms with Crippen molar-refractivity contribution in [3.63, 3.8) is 0 Å². The summed E-state index contributed by atoms with van der Waals surface area (Å²) in [6, 6.07) is 8.21. The minimum absolute atomic E-state index is 0.0390. The fourth-order valence-corrected chi connectivity index (χ4v) is 1.95. The minimum Gasteiger partial charge on any atom is -0.457 e. The van der Waals surface area contributed by atoms with Gasteiger partial charge in [0.2, 0.25) is 0 Å². The van der Waals surface area contributed by atoms with Gasteiger partial charge in [-0.05, 0) is 44.7 Å². The second-order valence-electron chi connectivity index (χ2n) is 5.38. The molecule has 86 valence electrons. The number of ether oxygens (including phenoxy) is 1. The van der Waals surface area contributed by atoms with Crippen LogP contribution in [0.4, 0.5) is 0 Å². The number of rotatable bonds is 1. The van der Waals surface area contributed by atoms with Crippen LogP contribution in [0.3, 0.4) is 0 Å². The number of carbonyl (C=O) groups excluding carboxylic acids is 1. The van der Waals surface area contributed by atoms with E-state index in [1.165, 1.54) is 11.1 Å². The summed E-state index contributed by atoms with van der Waals surface area (Å²) in [7, 11) is 0. The quantitative estimate of drug-likeness (QED) is 0.676. The predicted octanol–water partition coefficient (Wildman–Crippen LogP) is 3.26. The van der Waals surface area contributed by atoms with Gasteiger partial charge in [0.1, 0.15) is 6.10 Å². The third-order valence-corrected chi connectivity index (χ3v) is 2.94. The first-order valence-electron chi connectivity index (χ1n) is 5.77. The first-order chi connectivity index (χ1) is 7.48. The van der Waals surface area contributed by atoms with Gasteiger partial charge in [0.25, 0.3) is 0 Å². The molecule has 0 aliphatic heterocycles. The number of fused-ring (bicyclic) bond motifs is 1. The molecule has 0 amide bonds. The van der Waals surface area contributed by atoms with Crippen LogP contribution >= 0.6 is 0 Å². The van der Waals surface area contributed by atoms with Gasteiger partial charge in [0, 0.05) is 0 Å². The smallest absolute Gasteiger partial charge is 0.311 e. The lowest BCUT2D eigenvalue weighted by atomic mass is 9.97. The SMILES string of the molecule is CC(C)(C)C(=O)O[C@H]1CCc2ccccc21. The van der Waals surface area contributed by atoms with E-state index in [2.05, 4.69) is 12.1 Å². The van der Waals surface area contributed by atoms with Gasteiger partial charge in [-0.15, -0.1) is 0 Å². The first-order valence-corrected chi connectivity index (χ1v) is 5.77. The van der Waals surface area contributed by atoms with Crippen molar-refractivity contribution in [2.75, 3.05) is 0 Å². The highest BCUT2D eigenvalue weighted by atomic mass is 16.5. The van der Waals surface area contributed by atoms with Crippen LogP contribution in [0.1, 0.15) is 44.4 Å². The van der Waals surface area contributed by atoms with Gasteiger partial charge >= 0.3 is 5.97 Å². The van der Waals surface area contributed by atoms with E-state index in [1.807, 2.05) is 32.9 Å². The summed E-state index contributed by atoms with van der Waals surface area (Å²) in [6.45, 7) is 5.66. The molecule has 2 heteroatoms. The molecule has 0 unspecified atom stereocenters. The molecule has 2 nitrogen and oxygen atoms in total. The second kappa shape index (κ2) is 3.93. The van der Waals surface area contributed by atoms with Crippen molar-refractivity contribution in [3.05, 3.63) is 35.4 Å². The number of aryl methyl sites for hydroxylation is 1. The third-order valence-electron chi connectivity index (χ3n) is 2.94. The lowest BCUT2D eigenvalue weighted by molar-refractivity contribution is -0.158. The molecule has 1 aromatic carbocycles. The summed E-state index contributed by atoms with van der Waals surface area (Å²) in [5, 5.41) is 0. The van der Waals surface area contributed by atoms with Gasteiger partial charge in [-0.25, -0.2) is 0 Å². The molecule has 0 saturated heterocycles. The molecule has 0 aromatic heterocycles. The number of benzene rings is 1. The molecule has 2 rings (SSSR count). The van der Waals surface area contributed by atoms with Gasteiger partial charge < -0.3 is 4.74 Å². The first kappa shape index (κ1) is 11.2. The standard InChI is InChI=1S/C14H18O2/c1-14(2,3)13(15)16-12-9-8-10-6-4-5-7-11(10)12/h4-7,12H,8-9H2,1-3H3/t12-/m0/s1. The van der Waals surface area contributed by atoms with Crippen molar-refractivity contribution in [2.24, 2.45) is 5.41 Å². The zero-order valence-electron chi connectivity index (χ0n) is 10.1. The Labute approximate surface area is 96.6 Å². The predicted molar refractivity (Wildman–Crippen MR) is 63.1 cm³/mol. The van der Waals surface area contributed by atoms with Crippen molar-refractivity contribution < 1.29 is 9.53 Å². The summed E-state index contributed by atoms with van der Waals surface area (Å²) < 4.78 is 5.56. The van der Waals surface area contributed by atoms with E-state index in [9.17, 15) is 4.79 Å². The summed E-state index contributed by atoms with van der Waals surface area (Å²) in [5.41, 5.74) is 2.08. The van der Waals surface area contributed by atoms with Crippen molar-refractivity contribution in [1.82, 2.24) is 0 Å². The number of hydrogen-bond acceptors (Lipinski definition) is 2. The molecule has 1 aliphatic carbocycles. The molecular weight excluding hydrogens is 200 g/mol. The summed E-state index contributed by atoms with van der Waals surface area (Å²) in [4.78, 5) is 11.8. The van der Waals surface area contributed by atoms with Gasteiger partial charge in [0.15, 0.2) is 0 Å². The van der Waals surface area contributed by atoms with E-state index in [1.54, 1.807) is 0 Å². The molecule has 0 saturated carbocycles. The Hall–Kier alpha value is -1.31. The van der Waals surface area contributed by atoms with Crippen LogP contribution in [0.25, 0.3) is 0 Å². The zero-order chi connectivity index (χ0) is 11.8. The highest BCUT2D eigenvalue weighted by Crippen LogP contribution is 2.35. The van der Waals surface area contributed by atoms with E-state index in [4.69, 9.17) is 4.74 Å². The summed E-state index contributed by atoms with van der Waals surface area (Å²) in [6.07, 6.45) is 1.89. The van der Waals surface area contributed by atoms with E-state index in [-0.39, 0.29) is 12.1 Å². The van der Waals surface area contributed by atoms with Crippen LogP contribution < -0.4 is 0 Å².